The van der Waals surface area contributed by atoms with Crippen LogP contribution in [0.4, 0.5) is 0 Å². The fourth-order valence-corrected chi connectivity index (χ4v) is 2.48. The quantitative estimate of drug-likeness (QED) is 0.834. The van der Waals surface area contributed by atoms with Crippen molar-refractivity contribution in [2.75, 3.05) is 21.3 Å². The van der Waals surface area contributed by atoms with E-state index in [9.17, 15) is 0 Å². The summed E-state index contributed by atoms with van der Waals surface area (Å²) in [6.45, 7) is 4.24. The Balaban J connectivity index is 3.01. The minimum Gasteiger partial charge on any atom is -0.496 e. The zero-order valence-electron chi connectivity index (χ0n) is 12.4. The van der Waals surface area contributed by atoms with E-state index in [2.05, 4.69) is 19.2 Å². The third kappa shape index (κ3) is 3.85. The molecule has 0 radical (unpaired) electrons. The maximum atomic E-state index is 6.08. The largest absolute Gasteiger partial charge is 0.496 e. The molecule has 1 aromatic rings. The van der Waals surface area contributed by atoms with Gasteiger partial charge >= 0.3 is 0 Å². The Hall–Kier alpha value is -0.770. The van der Waals surface area contributed by atoms with Crippen LogP contribution in [0.25, 0.3) is 0 Å². The average molecular weight is 286 g/mol. The van der Waals surface area contributed by atoms with Gasteiger partial charge < -0.3 is 14.8 Å². The lowest BCUT2D eigenvalue weighted by Crippen LogP contribution is -2.49. The van der Waals surface area contributed by atoms with E-state index in [1.54, 1.807) is 14.2 Å². The van der Waals surface area contributed by atoms with Crippen molar-refractivity contribution in [2.24, 2.45) is 0 Å². The molecule has 3 nitrogen and oxygen atoms in total. The van der Waals surface area contributed by atoms with Crippen LogP contribution in [0.1, 0.15) is 25.8 Å². The molecule has 108 valence electrons. The molecule has 0 aliphatic heterocycles. The van der Waals surface area contributed by atoms with Crippen LogP contribution in [0, 0.1) is 0 Å². The van der Waals surface area contributed by atoms with Gasteiger partial charge in [0.25, 0.3) is 0 Å². The summed E-state index contributed by atoms with van der Waals surface area (Å²) < 4.78 is 11.1. The predicted octanol–water partition coefficient (Wildman–Crippen LogP) is 3.29. The molecule has 0 saturated carbocycles. The van der Waals surface area contributed by atoms with E-state index >= 15 is 0 Å². The normalized spacial score (nSPS) is 15.9. The molecular weight excluding hydrogens is 262 g/mol. The van der Waals surface area contributed by atoms with Gasteiger partial charge in [-0.05, 0) is 50.6 Å². The Morgan fingerprint density at radius 1 is 1.37 bits per heavy atom. The van der Waals surface area contributed by atoms with E-state index in [1.165, 1.54) is 0 Å². The minimum atomic E-state index is -0.220. The van der Waals surface area contributed by atoms with Gasteiger partial charge in [0.1, 0.15) is 5.75 Å². The van der Waals surface area contributed by atoms with Gasteiger partial charge in [-0.25, -0.2) is 0 Å². The Morgan fingerprint density at radius 3 is 2.53 bits per heavy atom. The molecule has 0 fully saturated rings. The van der Waals surface area contributed by atoms with Crippen LogP contribution in [0.15, 0.2) is 18.2 Å². The second-order valence-corrected chi connectivity index (χ2v) is 5.31. The van der Waals surface area contributed by atoms with Gasteiger partial charge in [0.15, 0.2) is 0 Å². The molecule has 1 N–H and O–H groups in total. The minimum absolute atomic E-state index is 0.190. The Kier molecular flexibility index (Phi) is 6.11. The molecule has 0 heterocycles. The molecule has 1 rings (SSSR count). The van der Waals surface area contributed by atoms with Crippen molar-refractivity contribution in [1.29, 1.82) is 0 Å². The highest BCUT2D eigenvalue weighted by Crippen LogP contribution is 2.28. The summed E-state index contributed by atoms with van der Waals surface area (Å²) in [6, 6.07) is 5.89. The Morgan fingerprint density at radius 2 is 2.05 bits per heavy atom. The number of nitrogens with one attached hydrogen (secondary N) is 1. The predicted molar refractivity (Wildman–Crippen MR) is 80.3 cm³/mol. The number of benzene rings is 1. The number of ether oxygens (including phenoxy) is 2. The monoisotopic (exact) mass is 285 g/mol. The van der Waals surface area contributed by atoms with Crippen molar-refractivity contribution < 1.29 is 9.47 Å². The SMILES string of the molecule is CCC(C)(OC)C(Cc1cc(Cl)ccc1OC)NC. The summed E-state index contributed by atoms with van der Waals surface area (Å²) >= 11 is 6.08. The molecule has 0 saturated heterocycles. The van der Waals surface area contributed by atoms with Crippen molar-refractivity contribution in [3.8, 4) is 5.75 Å². The van der Waals surface area contributed by atoms with Crippen LogP contribution < -0.4 is 10.1 Å². The highest BCUT2D eigenvalue weighted by atomic mass is 35.5. The second kappa shape index (κ2) is 7.13. The first kappa shape index (κ1) is 16.3. The molecule has 0 aliphatic rings. The number of hydrogen-bond donors (Lipinski definition) is 1. The lowest BCUT2D eigenvalue weighted by atomic mass is 9.88. The van der Waals surface area contributed by atoms with E-state index in [-0.39, 0.29) is 11.6 Å². The molecule has 1 aromatic carbocycles. The van der Waals surface area contributed by atoms with Crippen LogP contribution in [0.3, 0.4) is 0 Å². The molecule has 0 aromatic heterocycles. The zero-order chi connectivity index (χ0) is 14.5. The first-order chi connectivity index (χ1) is 9.00. The molecule has 0 aliphatic carbocycles. The third-order valence-corrected chi connectivity index (χ3v) is 4.16. The maximum absolute atomic E-state index is 6.08. The number of likely N-dealkylation sites (N-methyl/N-ethyl adjacent to an activating group) is 1. The van der Waals surface area contributed by atoms with Gasteiger partial charge in [0.05, 0.1) is 12.7 Å². The number of methoxy groups -OCH3 is 2. The van der Waals surface area contributed by atoms with Gasteiger partial charge in [-0.2, -0.15) is 0 Å². The fourth-order valence-electron chi connectivity index (χ4n) is 2.28. The molecule has 0 spiro atoms. The molecule has 19 heavy (non-hydrogen) atoms. The molecule has 0 bridgehead atoms. The first-order valence-electron chi connectivity index (χ1n) is 6.55. The van der Waals surface area contributed by atoms with E-state index in [4.69, 9.17) is 21.1 Å². The molecule has 2 unspecified atom stereocenters. The van der Waals surface area contributed by atoms with Gasteiger partial charge in [-0.1, -0.05) is 18.5 Å². The van der Waals surface area contributed by atoms with E-state index in [0.29, 0.717) is 0 Å². The Bertz CT molecular complexity index is 405. The molecule has 0 amide bonds. The van der Waals surface area contributed by atoms with Gasteiger partial charge in [-0.15, -0.1) is 0 Å². The number of halogens is 1. The van der Waals surface area contributed by atoms with Crippen molar-refractivity contribution in [1.82, 2.24) is 5.32 Å². The van der Waals surface area contributed by atoms with Crippen LogP contribution in [-0.4, -0.2) is 32.9 Å². The van der Waals surface area contributed by atoms with E-state index in [1.807, 2.05) is 25.2 Å². The lowest BCUT2D eigenvalue weighted by molar-refractivity contribution is -0.0269. The highest BCUT2D eigenvalue weighted by molar-refractivity contribution is 6.30. The number of rotatable bonds is 7. The van der Waals surface area contributed by atoms with Crippen molar-refractivity contribution in [2.45, 2.75) is 38.3 Å². The maximum Gasteiger partial charge on any atom is 0.122 e. The van der Waals surface area contributed by atoms with Crippen LogP contribution in [0.5, 0.6) is 5.75 Å². The van der Waals surface area contributed by atoms with Crippen LogP contribution >= 0.6 is 11.6 Å². The fraction of sp³-hybridized carbons (Fsp3) is 0.600. The summed E-state index contributed by atoms with van der Waals surface area (Å²) in [5.41, 5.74) is 0.869. The Labute approximate surface area is 121 Å². The van der Waals surface area contributed by atoms with Crippen molar-refractivity contribution in [3.63, 3.8) is 0 Å². The smallest absolute Gasteiger partial charge is 0.122 e. The van der Waals surface area contributed by atoms with Crippen LogP contribution in [-0.2, 0) is 11.2 Å². The third-order valence-electron chi connectivity index (χ3n) is 3.92. The van der Waals surface area contributed by atoms with Gasteiger partial charge in [0, 0.05) is 18.2 Å². The lowest BCUT2D eigenvalue weighted by Gasteiger charge is -2.36. The summed E-state index contributed by atoms with van der Waals surface area (Å²) in [7, 11) is 5.38. The number of hydrogen-bond acceptors (Lipinski definition) is 3. The topological polar surface area (TPSA) is 30.5 Å². The molecule has 4 heteroatoms. The van der Waals surface area contributed by atoms with Gasteiger partial charge in [0.2, 0.25) is 0 Å². The summed E-state index contributed by atoms with van der Waals surface area (Å²) in [4.78, 5) is 0. The van der Waals surface area contributed by atoms with Crippen molar-refractivity contribution in [3.05, 3.63) is 28.8 Å². The summed E-state index contributed by atoms with van der Waals surface area (Å²) in [5, 5.41) is 4.06. The average Bonchev–Trinajstić information content (AvgIpc) is 2.44. The standard InChI is InChI=1S/C15H24ClNO2/c1-6-15(2,19-5)14(17-3)10-11-9-12(16)7-8-13(11)18-4/h7-9,14,17H,6,10H2,1-5H3. The van der Waals surface area contributed by atoms with E-state index in [0.717, 1.165) is 29.2 Å². The zero-order valence-corrected chi connectivity index (χ0v) is 13.2. The summed E-state index contributed by atoms with van der Waals surface area (Å²) in [5.74, 6) is 0.860. The highest BCUT2D eigenvalue weighted by Gasteiger charge is 2.32. The summed E-state index contributed by atoms with van der Waals surface area (Å²) in [6.07, 6.45) is 1.73. The van der Waals surface area contributed by atoms with Gasteiger partial charge in [-0.3, -0.25) is 0 Å². The molecule has 2 atom stereocenters. The van der Waals surface area contributed by atoms with Crippen molar-refractivity contribution >= 4 is 11.6 Å². The van der Waals surface area contributed by atoms with E-state index < -0.39 is 0 Å². The molecular formula is C15H24ClNO2. The first-order valence-corrected chi connectivity index (χ1v) is 6.93. The van der Waals surface area contributed by atoms with Crippen LogP contribution in [0.2, 0.25) is 5.02 Å². The second-order valence-electron chi connectivity index (χ2n) is 4.87.